The molecule has 1 aromatic rings. The molecule has 28 heavy (non-hydrogen) atoms. The summed E-state index contributed by atoms with van der Waals surface area (Å²) in [5, 5.41) is -0.0575. The molecule has 0 fully saturated rings. The van der Waals surface area contributed by atoms with Crippen LogP contribution in [0.15, 0.2) is 24.3 Å². The topological polar surface area (TPSA) is 61.8 Å². The predicted molar refractivity (Wildman–Crippen MR) is 103 cm³/mol. The van der Waals surface area contributed by atoms with Crippen LogP contribution in [0, 0.1) is 0 Å². The molecule has 1 aromatic carbocycles. The summed E-state index contributed by atoms with van der Waals surface area (Å²) in [7, 11) is -7.95. The Kier molecular flexibility index (Phi) is 5.40. The lowest BCUT2D eigenvalue weighted by Gasteiger charge is -2.37. The van der Waals surface area contributed by atoms with Crippen molar-refractivity contribution < 1.29 is 34.9 Å². The molecule has 2 rings (SSSR count). The van der Waals surface area contributed by atoms with Gasteiger partial charge in [-0.1, -0.05) is 20.8 Å². The summed E-state index contributed by atoms with van der Waals surface area (Å²) < 4.78 is 77.5. The van der Waals surface area contributed by atoms with E-state index in [-0.39, 0.29) is 16.4 Å². The molecule has 0 saturated carbocycles. The maximum absolute atomic E-state index is 12.7. The minimum atomic E-state index is -5.80. The summed E-state index contributed by atoms with van der Waals surface area (Å²) in [6.45, 7) is 13.5. The van der Waals surface area contributed by atoms with Gasteiger partial charge in [0.15, 0.2) is 5.76 Å². The number of hydrogen-bond donors (Lipinski definition) is 0. The molecule has 1 aliphatic rings. The highest BCUT2D eigenvalue weighted by Gasteiger charge is 2.49. The molecule has 0 radical (unpaired) electrons. The molecule has 0 atom stereocenters. The van der Waals surface area contributed by atoms with Crippen molar-refractivity contribution in [1.82, 2.24) is 0 Å². The van der Waals surface area contributed by atoms with E-state index >= 15 is 0 Å². The number of halogens is 3. The molecule has 0 N–H and O–H groups in total. The molecular formula is C18H25F3O5SSi. The van der Waals surface area contributed by atoms with Crippen LogP contribution in [0.4, 0.5) is 13.2 Å². The monoisotopic (exact) mass is 438 g/mol. The van der Waals surface area contributed by atoms with E-state index < -0.39 is 35.3 Å². The Morgan fingerprint density at radius 2 is 1.68 bits per heavy atom. The maximum atomic E-state index is 12.7. The van der Waals surface area contributed by atoms with Crippen LogP contribution < -0.4 is 9.16 Å². The van der Waals surface area contributed by atoms with E-state index in [0.29, 0.717) is 5.75 Å². The molecule has 0 amide bonds. The third-order valence-corrected chi connectivity index (χ3v) is 10.1. The number of fused-ring (bicyclic) bond motifs is 1. The van der Waals surface area contributed by atoms with E-state index in [1.54, 1.807) is 26.0 Å². The van der Waals surface area contributed by atoms with Crippen molar-refractivity contribution in [3.63, 3.8) is 0 Å². The molecular weight excluding hydrogens is 413 g/mol. The van der Waals surface area contributed by atoms with E-state index in [2.05, 4.69) is 38.0 Å². The van der Waals surface area contributed by atoms with Gasteiger partial charge >= 0.3 is 15.6 Å². The SMILES string of the molecule is CC1(C)C=C(OS(=O)(=O)C(F)(F)F)c2ccc(O[Si](C)(C)C(C)(C)C)cc2O1. The maximum Gasteiger partial charge on any atom is 0.534 e. The van der Waals surface area contributed by atoms with Gasteiger partial charge in [0, 0.05) is 12.1 Å². The van der Waals surface area contributed by atoms with E-state index in [9.17, 15) is 21.6 Å². The smallest absolute Gasteiger partial charge is 0.534 e. The van der Waals surface area contributed by atoms with Crippen LogP contribution in [-0.4, -0.2) is 27.8 Å². The molecule has 0 saturated heterocycles. The zero-order chi connectivity index (χ0) is 21.8. The average Bonchev–Trinajstić information content (AvgIpc) is 2.42. The lowest BCUT2D eigenvalue weighted by atomic mass is 10.0. The second-order valence-corrected chi connectivity index (χ2v) is 15.0. The van der Waals surface area contributed by atoms with Crippen LogP contribution in [0.5, 0.6) is 11.5 Å². The van der Waals surface area contributed by atoms with Gasteiger partial charge < -0.3 is 13.3 Å². The van der Waals surface area contributed by atoms with Crippen molar-refractivity contribution in [1.29, 1.82) is 0 Å². The van der Waals surface area contributed by atoms with Crippen LogP contribution in [0.3, 0.4) is 0 Å². The summed E-state index contributed by atoms with van der Waals surface area (Å²) in [4.78, 5) is 0. The fraction of sp³-hybridized carbons (Fsp3) is 0.556. The third kappa shape index (κ3) is 4.65. The molecule has 1 heterocycles. The first-order chi connectivity index (χ1) is 12.3. The van der Waals surface area contributed by atoms with Gasteiger partial charge in [0.2, 0.25) is 8.32 Å². The minimum Gasteiger partial charge on any atom is -0.543 e. The number of rotatable bonds is 4. The minimum absolute atomic E-state index is 0.0575. The molecule has 158 valence electrons. The number of ether oxygens (including phenoxy) is 1. The van der Waals surface area contributed by atoms with Gasteiger partial charge in [-0.25, -0.2) is 0 Å². The van der Waals surface area contributed by atoms with Gasteiger partial charge in [0.1, 0.15) is 17.1 Å². The molecule has 0 spiro atoms. The predicted octanol–water partition coefficient (Wildman–Crippen LogP) is 5.45. The van der Waals surface area contributed by atoms with Crippen molar-refractivity contribution in [2.24, 2.45) is 0 Å². The van der Waals surface area contributed by atoms with Crippen molar-refractivity contribution in [3.8, 4) is 11.5 Å². The van der Waals surface area contributed by atoms with E-state index in [4.69, 9.17) is 9.16 Å². The Hall–Kier alpha value is -1.68. The lowest BCUT2D eigenvalue weighted by molar-refractivity contribution is -0.0510. The molecule has 10 heteroatoms. The second kappa shape index (κ2) is 6.69. The number of hydrogen-bond acceptors (Lipinski definition) is 5. The molecule has 0 unspecified atom stereocenters. The zero-order valence-electron chi connectivity index (χ0n) is 16.9. The van der Waals surface area contributed by atoms with Crippen molar-refractivity contribution >= 4 is 24.2 Å². The molecule has 0 aliphatic carbocycles. The van der Waals surface area contributed by atoms with Gasteiger partial charge in [-0.3, -0.25) is 0 Å². The Labute approximate surface area is 164 Å². The summed E-state index contributed by atoms with van der Waals surface area (Å²) in [6.07, 6.45) is 1.20. The summed E-state index contributed by atoms with van der Waals surface area (Å²) in [5.41, 5.74) is -6.49. The fourth-order valence-electron chi connectivity index (χ4n) is 2.24. The second-order valence-electron chi connectivity index (χ2n) is 8.72. The Morgan fingerprint density at radius 1 is 1.11 bits per heavy atom. The average molecular weight is 439 g/mol. The van der Waals surface area contributed by atoms with E-state index in [1.807, 2.05) is 0 Å². The van der Waals surface area contributed by atoms with Crippen LogP contribution in [0.1, 0.15) is 40.2 Å². The number of benzene rings is 1. The summed E-state index contributed by atoms with van der Waals surface area (Å²) in [5.74, 6) is 0.264. The molecule has 0 aromatic heterocycles. The van der Waals surface area contributed by atoms with Gasteiger partial charge in [-0.15, -0.1) is 0 Å². The van der Waals surface area contributed by atoms with E-state index in [1.165, 1.54) is 12.1 Å². The Bertz CT molecular complexity index is 897. The van der Waals surface area contributed by atoms with Crippen LogP contribution in [0.2, 0.25) is 18.1 Å². The van der Waals surface area contributed by atoms with Gasteiger partial charge in [0.05, 0.1) is 5.56 Å². The number of alkyl halides is 3. The summed E-state index contributed by atoms with van der Waals surface area (Å²) in [6, 6.07) is 4.55. The Morgan fingerprint density at radius 3 is 2.18 bits per heavy atom. The highest BCUT2D eigenvalue weighted by Crippen LogP contribution is 2.43. The molecule has 1 aliphatic heterocycles. The summed E-state index contributed by atoms with van der Waals surface area (Å²) >= 11 is 0. The van der Waals surface area contributed by atoms with Crippen molar-refractivity contribution in [2.45, 2.75) is 63.9 Å². The standard InChI is InChI=1S/C18H25F3O5SSi/c1-16(2,3)28(6,7)26-12-8-9-13-14(10-12)24-17(4,5)11-15(13)25-27(22,23)18(19,20)21/h8-11H,1-7H3. The van der Waals surface area contributed by atoms with Crippen molar-refractivity contribution in [2.75, 3.05) is 0 Å². The first kappa shape index (κ1) is 22.6. The van der Waals surface area contributed by atoms with Gasteiger partial charge in [-0.05, 0) is 44.1 Å². The highest BCUT2D eigenvalue weighted by molar-refractivity contribution is 7.87. The molecule has 5 nitrogen and oxygen atoms in total. The third-order valence-electron chi connectivity index (χ3n) is 4.73. The van der Waals surface area contributed by atoms with Crippen LogP contribution in [0.25, 0.3) is 5.76 Å². The largest absolute Gasteiger partial charge is 0.543 e. The molecule has 0 bridgehead atoms. The van der Waals surface area contributed by atoms with E-state index in [0.717, 1.165) is 0 Å². The fourth-order valence-corrected chi connectivity index (χ4v) is 3.73. The normalized spacial score (nSPS) is 17.3. The van der Waals surface area contributed by atoms with Crippen LogP contribution in [-0.2, 0) is 14.3 Å². The highest BCUT2D eigenvalue weighted by atomic mass is 32.2. The Balaban J connectivity index is 2.45. The zero-order valence-corrected chi connectivity index (χ0v) is 18.7. The van der Waals surface area contributed by atoms with Gasteiger partial charge in [-0.2, -0.15) is 21.6 Å². The first-order valence-corrected chi connectivity index (χ1v) is 12.9. The van der Waals surface area contributed by atoms with Crippen LogP contribution >= 0.6 is 0 Å². The first-order valence-electron chi connectivity index (χ1n) is 8.61. The quantitative estimate of drug-likeness (QED) is 0.355. The van der Waals surface area contributed by atoms with Crippen molar-refractivity contribution in [3.05, 3.63) is 29.8 Å². The lowest BCUT2D eigenvalue weighted by Crippen LogP contribution is -2.43. The van der Waals surface area contributed by atoms with Gasteiger partial charge in [0.25, 0.3) is 0 Å².